The number of rotatable bonds is 5. The summed E-state index contributed by atoms with van der Waals surface area (Å²) < 4.78 is 22.9. The van der Waals surface area contributed by atoms with Crippen LogP contribution in [0, 0.1) is 4.78 Å². The molecule has 0 aliphatic carbocycles. The normalized spacial score (nSPS) is 14.2. The second-order valence-electron chi connectivity index (χ2n) is 7.50. The summed E-state index contributed by atoms with van der Waals surface area (Å²) in [4.78, 5) is 17.8. The molecule has 27 heavy (non-hydrogen) atoms. The fraction of sp³-hybridized carbons (Fsp3) is 0.421. The van der Waals surface area contributed by atoms with Gasteiger partial charge in [0, 0.05) is 28.8 Å². The first-order valence-corrected chi connectivity index (χ1v) is 10.9. The van der Waals surface area contributed by atoms with Gasteiger partial charge < -0.3 is 4.57 Å². The van der Waals surface area contributed by atoms with E-state index in [1.54, 1.807) is 12.1 Å². The molecular weight excluding hydrogens is 362 g/mol. The van der Waals surface area contributed by atoms with Gasteiger partial charge in [-0.05, 0) is 23.6 Å². The van der Waals surface area contributed by atoms with E-state index in [0.29, 0.717) is 28.6 Å². The summed E-state index contributed by atoms with van der Waals surface area (Å²) in [5, 5.41) is 4.41. The molecule has 8 heteroatoms. The number of nitrogens with one attached hydrogen (secondary N) is 1. The maximum Gasteiger partial charge on any atom is 0.279 e. The second-order valence-corrected chi connectivity index (χ2v) is 9.65. The fourth-order valence-corrected chi connectivity index (χ4v) is 3.51. The Kier molecular flexibility index (Phi) is 4.94. The lowest BCUT2D eigenvalue weighted by Crippen LogP contribution is -2.24. The molecule has 144 valence electrons. The van der Waals surface area contributed by atoms with Gasteiger partial charge in [0.2, 0.25) is 5.78 Å². The van der Waals surface area contributed by atoms with Crippen molar-refractivity contribution in [2.24, 2.45) is 0 Å². The van der Waals surface area contributed by atoms with E-state index in [1.165, 1.54) is 10.8 Å². The summed E-state index contributed by atoms with van der Waals surface area (Å²) in [7, 11) is -2.73. The molecule has 2 aromatic heterocycles. The van der Waals surface area contributed by atoms with E-state index < -0.39 is 9.73 Å². The average molecular weight is 388 g/mol. The molecule has 0 radical (unpaired) electrons. The van der Waals surface area contributed by atoms with Gasteiger partial charge in [0.05, 0.1) is 16.3 Å². The molecule has 0 fully saturated rings. The molecule has 0 bridgehead atoms. The van der Waals surface area contributed by atoms with Crippen LogP contribution in [-0.2, 0) is 16.3 Å². The Hall–Kier alpha value is -2.48. The molecule has 1 aromatic carbocycles. The van der Waals surface area contributed by atoms with Crippen molar-refractivity contribution >= 4 is 15.5 Å². The summed E-state index contributed by atoms with van der Waals surface area (Å²) in [5.41, 5.74) is 1.52. The van der Waals surface area contributed by atoms with Crippen LogP contribution in [0.2, 0.25) is 0 Å². The highest BCUT2D eigenvalue weighted by molar-refractivity contribution is 7.91. The number of fused-ring (bicyclic) bond motifs is 1. The number of nitrogens with zero attached hydrogens (tertiary/aromatic N) is 4. The number of aromatic nitrogens is 4. The molecule has 3 aromatic rings. The fourth-order valence-electron chi connectivity index (χ4n) is 2.85. The predicted molar refractivity (Wildman–Crippen MR) is 106 cm³/mol. The van der Waals surface area contributed by atoms with Crippen LogP contribution in [0.5, 0.6) is 0 Å². The summed E-state index contributed by atoms with van der Waals surface area (Å²) in [6.07, 6.45) is 3.26. The first kappa shape index (κ1) is 19.3. The van der Waals surface area contributed by atoms with Gasteiger partial charge in [-0.1, -0.05) is 39.8 Å². The van der Waals surface area contributed by atoms with Crippen LogP contribution in [0.1, 0.15) is 56.5 Å². The molecule has 2 heterocycles. The Morgan fingerprint density at radius 3 is 2.26 bits per heavy atom. The smallest absolute Gasteiger partial charge is 0.279 e. The lowest BCUT2D eigenvalue weighted by atomic mass is 10.1. The molecule has 0 amide bonds. The molecule has 0 aliphatic rings. The van der Waals surface area contributed by atoms with Crippen molar-refractivity contribution in [1.82, 2.24) is 19.2 Å². The molecule has 7 nitrogen and oxygen atoms in total. The molecular formula is C19H25N5O2S. The van der Waals surface area contributed by atoms with Gasteiger partial charge in [-0.15, -0.1) is 5.10 Å². The lowest BCUT2D eigenvalue weighted by molar-refractivity contribution is 0.678. The van der Waals surface area contributed by atoms with E-state index in [0.717, 1.165) is 5.56 Å². The van der Waals surface area contributed by atoms with E-state index in [9.17, 15) is 9.00 Å². The van der Waals surface area contributed by atoms with Crippen molar-refractivity contribution in [1.29, 1.82) is 4.78 Å². The zero-order valence-corrected chi connectivity index (χ0v) is 17.1. The Labute approximate surface area is 159 Å². The van der Waals surface area contributed by atoms with Crippen molar-refractivity contribution in [3.63, 3.8) is 0 Å². The van der Waals surface area contributed by atoms with E-state index in [4.69, 9.17) is 4.78 Å². The molecule has 0 spiro atoms. The van der Waals surface area contributed by atoms with Gasteiger partial charge in [0.1, 0.15) is 0 Å². The third-order valence-electron chi connectivity index (χ3n) is 4.46. The summed E-state index contributed by atoms with van der Waals surface area (Å²) in [6, 6.07) is 7.15. The Morgan fingerprint density at radius 2 is 1.74 bits per heavy atom. The lowest BCUT2D eigenvalue weighted by Gasteiger charge is -2.12. The number of hydrogen-bond donors (Lipinski definition) is 1. The van der Waals surface area contributed by atoms with Crippen molar-refractivity contribution in [2.75, 3.05) is 6.26 Å². The van der Waals surface area contributed by atoms with Crippen molar-refractivity contribution < 1.29 is 4.21 Å². The highest BCUT2D eigenvalue weighted by atomic mass is 32.2. The standard InChI is InChI=1S/C19H25N5O2S/c1-12(2)16-11-23(10-14-6-8-15(9-7-14)27(5,20)26)19-21-17(13(3)4)22-24(19)18(16)25/h6-9,11-13,20H,10H2,1-5H3. The summed E-state index contributed by atoms with van der Waals surface area (Å²) in [6.45, 7) is 8.45. The quantitative estimate of drug-likeness (QED) is 0.727. The molecule has 3 rings (SSSR count). The zero-order chi connectivity index (χ0) is 19.9. The zero-order valence-electron chi connectivity index (χ0n) is 16.3. The van der Waals surface area contributed by atoms with Gasteiger partial charge in [-0.2, -0.15) is 9.50 Å². The second kappa shape index (κ2) is 6.92. The monoisotopic (exact) mass is 387 g/mol. The molecule has 1 atom stereocenters. The van der Waals surface area contributed by atoms with Crippen molar-refractivity contribution in [3.05, 3.63) is 57.8 Å². The minimum atomic E-state index is -2.73. The van der Waals surface area contributed by atoms with Crippen LogP contribution in [0.3, 0.4) is 0 Å². The first-order valence-electron chi connectivity index (χ1n) is 8.90. The Morgan fingerprint density at radius 1 is 1.11 bits per heavy atom. The van der Waals surface area contributed by atoms with Crippen molar-refractivity contribution in [3.8, 4) is 0 Å². The maximum atomic E-state index is 12.8. The van der Waals surface area contributed by atoms with Gasteiger partial charge >= 0.3 is 0 Å². The average Bonchev–Trinajstić information content (AvgIpc) is 3.03. The maximum absolute atomic E-state index is 12.8. The molecule has 0 aliphatic heterocycles. The van der Waals surface area contributed by atoms with Gasteiger partial charge in [0.25, 0.3) is 5.56 Å². The predicted octanol–water partition coefficient (Wildman–Crippen LogP) is 3.22. The topological polar surface area (TPSA) is 93.1 Å². The van der Waals surface area contributed by atoms with Crippen molar-refractivity contribution in [2.45, 2.75) is 51.0 Å². The Balaban J connectivity index is 2.12. The summed E-state index contributed by atoms with van der Waals surface area (Å²) >= 11 is 0. The van der Waals surface area contributed by atoms with Gasteiger partial charge in [-0.3, -0.25) is 4.79 Å². The molecule has 1 unspecified atom stereocenters. The summed E-state index contributed by atoms with van der Waals surface area (Å²) in [5.74, 6) is 1.33. The number of benzene rings is 1. The van der Waals surface area contributed by atoms with Crippen LogP contribution in [0.25, 0.3) is 5.78 Å². The third kappa shape index (κ3) is 3.80. The van der Waals surface area contributed by atoms with Gasteiger partial charge in [0.15, 0.2) is 5.82 Å². The minimum Gasteiger partial charge on any atom is -0.312 e. The third-order valence-corrected chi connectivity index (χ3v) is 5.63. The highest BCUT2D eigenvalue weighted by Gasteiger charge is 2.17. The molecule has 0 saturated carbocycles. The van der Waals surface area contributed by atoms with Crippen LogP contribution in [0.4, 0.5) is 0 Å². The SMILES string of the molecule is CC(C)c1nc2n(Cc3ccc(S(C)(=N)=O)cc3)cc(C(C)C)c(=O)n2n1. The van der Waals surface area contributed by atoms with Crippen LogP contribution >= 0.6 is 0 Å². The van der Waals surface area contributed by atoms with Crippen LogP contribution in [-0.4, -0.2) is 29.6 Å². The van der Waals surface area contributed by atoms with E-state index >= 15 is 0 Å². The van der Waals surface area contributed by atoms with Crippen LogP contribution in [0.15, 0.2) is 40.2 Å². The highest BCUT2D eigenvalue weighted by Crippen LogP contribution is 2.17. The minimum absolute atomic E-state index is 0.0651. The van der Waals surface area contributed by atoms with Gasteiger partial charge in [-0.25, -0.2) is 8.99 Å². The van der Waals surface area contributed by atoms with E-state index in [2.05, 4.69) is 10.1 Å². The largest absolute Gasteiger partial charge is 0.312 e. The van der Waals surface area contributed by atoms with E-state index in [1.807, 2.05) is 50.6 Å². The molecule has 0 saturated heterocycles. The van der Waals surface area contributed by atoms with E-state index in [-0.39, 0.29) is 17.4 Å². The molecule has 1 N–H and O–H groups in total. The van der Waals surface area contributed by atoms with Crippen LogP contribution < -0.4 is 5.56 Å². The Bertz CT molecular complexity index is 1140. The first-order chi connectivity index (χ1) is 12.6. The number of hydrogen-bond acceptors (Lipinski definition) is 5.